The van der Waals surface area contributed by atoms with Gasteiger partial charge in [0.05, 0.1) is 6.04 Å². The van der Waals surface area contributed by atoms with Gasteiger partial charge in [-0.1, -0.05) is 6.42 Å². The highest BCUT2D eigenvalue weighted by atomic mass is 16.3. The molecule has 0 aromatic rings. The molecule has 0 bridgehead atoms. The summed E-state index contributed by atoms with van der Waals surface area (Å²) in [6.45, 7) is 2.07. The van der Waals surface area contributed by atoms with Gasteiger partial charge in [0.15, 0.2) is 0 Å². The number of hydrogen-bond acceptors (Lipinski definition) is 3. The molecule has 0 aromatic heterocycles. The SMILES string of the molecule is CNC(=O)C(C)NC1CCCC1CO. The molecule has 0 aromatic carbocycles. The van der Waals surface area contributed by atoms with Gasteiger partial charge in [-0.2, -0.15) is 0 Å². The van der Waals surface area contributed by atoms with Gasteiger partial charge in [0.1, 0.15) is 0 Å². The Bertz CT molecular complexity index is 197. The number of amides is 1. The zero-order chi connectivity index (χ0) is 10.6. The maximum Gasteiger partial charge on any atom is 0.236 e. The minimum absolute atomic E-state index is 0.00795. The second kappa shape index (κ2) is 5.32. The lowest BCUT2D eigenvalue weighted by atomic mass is 10.0. The highest BCUT2D eigenvalue weighted by Crippen LogP contribution is 2.25. The van der Waals surface area contributed by atoms with Crippen molar-refractivity contribution in [1.82, 2.24) is 10.6 Å². The Kier molecular flexibility index (Phi) is 4.35. The molecule has 0 aliphatic heterocycles. The monoisotopic (exact) mass is 200 g/mol. The maximum absolute atomic E-state index is 11.3. The predicted octanol–water partition coefficient (Wildman–Crippen LogP) is -0.128. The van der Waals surface area contributed by atoms with E-state index in [1.54, 1.807) is 7.05 Å². The Hall–Kier alpha value is -0.610. The smallest absolute Gasteiger partial charge is 0.236 e. The number of carbonyl (C=O) groups is 1. The van der Waals surface area contributed by atoms with Gasteiger partial charge < -0.3 is 15.7 Å². The van der Waals surface area contributed by atoms with E-state index >= 15 is 0 Å². The highest BCUT2D eigenvalue weighted by molar-refractivity contribution is 5.80. The van der Waals surface area contributed by atoms with E-state index in [0.717, 1.165) is 19.3 Å². The third-order valence-corrected chi connectivity index (χ3v) is 3.00. The van der Waals surface area contributed by atoms with Crippen LogP contribution in [-0.2, 0) is 4.79 Å². The van der Waals surface area contributed by atoms with Crippen molar-refractivity contribution < 1.29 is 9.90 Å². The number of carbonyl (C=O) groups excluding carboxylic acids is 1. The van der Waals surface area contributed by atoms with Crippen molar-refractivity contribution in [3.05, 3.63) is 0 Å². The predicted molar refractivity (Wildman–Crippen MR) is 54.9 cm³/mol. The molecule has 1 fully saturated rings. The normalized spacial score (nSPS) is 28.8. The lowest BCUT2D eigenvalue weighted by Gasteiger charge is -2.22. The van der Waals surface area contributed by atoms with Gasteiger partial charge in [0.25, 0.3) is 0 Å². The minimum atomic E-state index is -0.169. The van der Waals surface area contributed by atoms with Crippen LogP contribution in [-0.4, -0.2) is 36.8 Å². The standard InChI is InChI=1S/C10H20N2O2/c1-7(10(14)11-2)12-9-5-3-4-8(9)6-13/h7-9,12-13H,3-6H2,1-2H3,(H,11,14). The quantitative estimate of drug-likeness (QED) is 0.592. The molecule has 0 spiro atoms. The number of nitrogens with one attached hydrogen (secondary N) is 2. The van der Waals surface area contributed by atoms with Crippen molar-refractivity contribution in [3.8, 4) is 0 Å². The van der Waals surface area contributed by atoms with Crippen LogP contribution < -0.4 is 10.6 Å². The van der Waals surface area contributed by atoms with Crippen LogP contribution in [0.2, 0.25) is 0 Å². The first-order valence-corrected chi connectivity index (χ1v) is 5.27. The highest BCUT2D eigenvalue weighted by Gasteiger charge is 2.28. The molecule has 14 heavy (non-hydrogen) atoms. The summed E-state index contributed by atoms with van der Waals surface area (Å²) in [6, 6.07) is 0.129. The molecule has 3 N–H and O–H groups in total. The van der Waals surface area contributed by atoms with Gasteiger partial charge >= 0.3 is 0 Å². The summed E-state index contributed by atoms with van der Waals surface area (Å²) in [5.74, 6) is 0.329. The lowest BCUT2D eigenvalue weighted by molar-refractivity contribution is -0.122. The van der Waals surface area contributed by atoms with Gasteiger partial charge in [-0.15, -0.1) is 0 Å². The average molecular weight is 200 g/mol. The summed E-state index contributed by atoms with van der Waals surface area (Å²) in [5.41, 5.74) is 0. The summed E-state index contributed by atoms with van der Waals surface area (Å²) in [5, 5.41) is 15.0. The number of aliphatic hydroxyl groups excluding tert-OH is 1. The van der Waals surface area contributed by atoms with E-state index in [1.807, 2.05) is 6.92 Å². The number of aliphatic hydroxyl groups is 1. The Labute approximate surface area is 85.1 Å². The summed E-state index contributed by atoms with van der Waals surface area (Å²) in [4.78, 5) is 11.3. The van der Waals surface area contributed by atoms with Gasteiger partial charge in [-0.3, -0.25) is 4.79 Å². The maximum atomic E-state index is 11.3. The number of likely N-dealkylation sites (N-methyl/N-ethyl adjacent to an activating group) is 1. The van der Waals surface area contributed by atoms with E-state index in [1.165, 1.54) is 0 Å². The van der Waals surface area contributed by atoms with Crippen LogP contribution in [0.15, 0.2) is 0 Å². The molecular weight excluding hydrogens is 180 g/mol. The summed E-state index contributed by atoms with van der Waals surface area (Å²) >= 11 is 0. The molecule has 3 unspecified atom stereocenters. The fourth-order valence-electron chi connectivity index (χ4n) is 2.09. The fourth-order valence-corrected chi connectivity index (χ4v) is 2.09. The molecule has 0 heterocycles. The zero-order valence-corrected chi connectivity index (χ0v) is 8.92. The van der Waals surface area contributed by atoms with Crippen LogP contribution in [0.4, 0.5) is 0 Å². The van der Waals surface area contributed by atoms with Crippen molar-refractivity contribution >= 4 is 5.91 Å². The lowest BCUT2D eigenvalue weighted by Crippen LogP contribution is -2.47. The van der Waals surface area contributed by atoms with Crippen LogP contribution in [0.5, 0.6) is 0 Å². The number of rotatable bonds is 4. The first-order chi connectivity index (χ1) is 6.69. The van der Waals surface area contributed by atoms with Gasteiger partial charge in [0, 0.05) is 19.7 Å². The fraction of sp³-hybridized carbons (Fsp3) is 0.900. The van der Waals surface area contributed by atoms with Gasteiger partial charge in [-0.25, -0.2) is 0 Å². The molecule has 0 saturated heterocycles. The third kappa shape index (κ3) is 2.69. The van der Waals surface area contributed by atoms with Crippen molar-refractivity contribution in [2.24, 2.45) is 5.92 Å². The van der Waals surface area contributed by atoms with Crippen LogP contribution in [0.3, 0.4) is 0 Å². The molecule has 1 saturated carbocycles. The summed E-state index contributed by atoms with van der Waals surface area (Å²) < 4.78 is 0. The first kappa shape index (κ1) is 11.5. The molecule has 4 heteroatoms. The first-order valence-electron chi connectivity index (χ1n) is 5.27. The summed E-state index contributed by atoms with van der Waals surface area (Å²) in [6.07, 6.45) is 3.27. The van der Waals surface area contributed by atoms with Crippen LogP contribution in [0.1, 0.15) is 26.2 Å². The largest absolute Gasteiger partial charge is 0.396 e. The van der Waals surface area contributed by atoms with E-state index < -0.39 is 0 Å². The second-order valence-electron chi connectivity index (χ2n) is 3.98. The zero-order valence-electron chi connectivity index (χ0n) is 8.92. The molecule has 1 aliphatic carbocycles. The van der Waals surface area contributed by atoms with Gasteiger partial charge in [0.2, 0.25) is 5.91 Å². The molecule has 4 nitrogen and oxygen atoms in total. The summed E-state index contributed by atoms with van der Waals surface area (Å²) in [7, 11) is 1.64. The van der Waals surface area contributed by atoms with Crippen LogP contribution in [0.25, 0.3) is 0 Å². The molecule has 3 atom stereocenters. The Morgan fingerprint density at radius 3 is 2.86 bits per heavy atom. The second-order valence-corrected chi connectivity index (χ2v) is 3.98. The van der Waals surface area contributed by atoms with Crippen molar-refractivity contribution in [1.29, 1.82) is 0 Å². The van der Waals surface area contributed by atoms with Crippen molar-refractivity contribution in [3.63, 3.8) is 0 Å². The molecule has 82 valence electrons. The Morgan fingerprint density at radius 2 is 2.29 bits per heavy atom. The minimum Gasteiger partial charge on any atom is -0.396 e. The average Bonchev–Trinajstić information content (AvgIpc) is 2.63. The van der Waals surface area contributed by atoms with Crippen LogP contribution in [0, 0.1) is 5.92 Å². The number of hydrogen-bond donors (Lipinski definition) is 3. The topological polar surface area (TPSA) is 61.4 Å². The van der Waals surface area contributed by atoms with Crippen LogP contribution >= 0.6 is 0 Å². The molecule has 0 radical (unpaired) electrons. The van der Waals surface area contributed by atoms with Crippen molar-refractivity contribution in [2.45, 2.75) is 38.3 Å². The molecule has 1 aliphatic rings. The van der Waals surface area contributed by atoms with Gasteiger partial charge in [-0.05, 0) is 25.7 Å². The Balaban J connectivity index is 2.39. The molecule has 1 amide bonds. The van der Waals surface area contributed by atoms with E-state index in [0.29, 0.717) is 12.0 Å². The van der Waals surface area contributed by atoms with E-state index in [2.05, 4.69) is 10.6 Å². The van der Waals surface area contributed by atoms with E-state index in [4.69, 9.17) is 5.11 Å². The van der Waals surface area contributed by atoms with E-state index in [9.17, 15) is 4.79 Å². The Morgan fingerprint density at radius 1 is 1.57 bits per heavy atom. The third-order valence-electron chi connectivity index (χ3n) is 3.00. The van der Waals surface area contributed by atoms with E-state index in [-0.39, 0.29) is 18.6 Å². The molecular formula is C10H20N2O2. The molecule has 1 rings (SSSR count). The van der Waals surface area contributed by atoms with Crippen molar-refractivity contribution in [2.75, 3.05) is 13.7 Å².